The van der Waals surface area contributed by atoms with E-state index in [-0.39, 0.29) is 11.6 Å². The van der Waals surface area contributed by atoms with E-state index in [4.69, 9.17) is 5.73 Å². The number of nitrogens with two attached hydrogens (primary N) is 1. The molecule has 1 aromatic carbocycles. The minimum Gasteiger partial charge on any atom is -0.399 e. The van der Waals surface area contributed by atoms with Crippen LogP contribution in [-0.4, -0.2) is 38.9 Å². The van der Waals surface area contributed by atoms with E-state index in [9.17, 15) is 12.8 Å². The monoisotopic (exact) mass is 260 g/mol. The van der Waals surface area contributed by atoms with E-state index in [1.165, 1.54) is 18.4 Å². The Morgan fingerprint density at radius 3 is 2.53 bits per heavy atom. The molecule has 0 bridgehead atoms. The van der Waals surface area contributed by atoms with Crippen molar-refractivity contribution in [1.82, 2.24) is 4.90 Å². The summed E-state index contributed by atoms with van der Waals surface area (Å²) in [7, 11) is -1.18. The summed E-state index contributed by atoms with van der Waals surface area (Å²) < 4.78 is 35.0. The number of nitrogens with zero attached hydrogens (tertiary/aromatic N) is 1. The fourth-order valence-corrected chi connectivity index (χ4v) is 2.12. The van der Waals surface area contributed by atoms with Gasteiger partial charge in [-0.05, 0) is 30.8 Å². The van der Waals surface area contributed by atoms with Crippen molar-refractivity contribution < 1.29 is 12.8 Å². The number of hydrogen-bond donors (Lipinski definition) is 1. The van der Waals surface area contributed by atoms with Gasteiger partial charge in [0.05, 0.1) is 5.75 Å². The second kappa shape index (κ2) is 5.46. The number of nitrogen functional groups attached to an aromatic ring is 1. The molecule has 2 N–H and O–H groups in total. The minimum absolute atomic E-state index is 0.0916. The third kappa shape index (κ3) is 5.65. The van der Waals surface area contributed by atoms with Gasteiger partial charge in [-0.25, -0.2) is 12.8 Å². The van der Waals surface area contributed by atoms with Crippen LogP contribution in [-0.2, 0) is 16.4 Å². The lowest BCUT2D eigenvalue weighted by Gasteiger charge is -2.16. The highest BCUT2D eigenvalue weighted by Crippen LogP contribution is 2.12. The lowest BCUT2D eigenvalue weighted by atomic mass is 10.2. The molecule has 17 heavy (non-hydrogen) atoms. The zero-order chi connectivity index (χ0) is 13.1. The topological polar surface area (TPSA) is 63.4 Å². The maximum Gasteiger partial charge on any atom is 0.148 e. The van der Waals surface area contributed by atoms with Crippen LogP contribution in [0.1, 0.15) is 5.56 Å². The molecule has 0 saturated carbocycles. The van der Waals surface area contributed by atoms with Crippen molar-refractivity contribution in [3.63, 3.8) is 0 Å². The van der Waals surface area contributed by atoms with E-state index in [0.717, 1.165) is 5.56 Å². The van der Waals surface area contributed by atoms with Crippen molar-refractivity contribution in [3.05, 3.63) is 29.6 Å². The molecule has 1 rings (SSSR count). The van der Waals surface area contributed by atoms with Crippen LogP contribution >= 0.6 is 0 Å². The fraction of sp³-hybridized carbons (Fsp3) is 0.455. The minimum atomic E-state index is -2.97. The van der Waals surface area contributed by atoms with E-state index in [1.807, 2.05) is 4.90 Å². The van der Waals surface area contributed by atoms with Crippen molar-refractivity contribution in [2.45, 2.75) is 6.54 Å². The van der Waals surface area contributed by atoms with E-state index >= 15 is 0 Å². The maximum atomic E-state index is 13.1. The van der Waals surface area contributed by atoms with Gasteiger partial charge < -0.3 is 10.6 Å². The third-order valence-electron chi connectivity index (χ3n) is 2.28. The summed E-state index contributed by atoms with van der Waals surface area (Å²) in [5, 5.41) is 0. The molecule has 0 amide bonds. The predicted octanol–water partition coefficient (Wildman–Crippen LogP) is 0.884. The van der Waals surface area contributed by atoms with Crippen LogP contribution in [0.25, 0.3) is 0 Å². The first kappa shape index (κ1) is 13.9. The summed E-state index contributed by atoms with van der Waals surface area (Å²) in [4.78, 5) is 1.81. The van der Waals surface area contributed by atoms with Gasteiger partial charge in [-0.15, -0.1) is 0 Å². The second-order valence-corrected chi connectivity index (χ2v) is 6.52. The van der Waals surface area contributed by atoms with E-state index < -0.39 is 9.84 Å². The first-order valence-electron chi connectivity index (χ1n) is 5.17. The second-order valence-electron chi connectivity index (χ2n) is 4.26. The SMILES string of the molecule is CN(CCS(C)(=O)=O)Cc1cc(N)cc(F)c1. The number of anilines is 1. The largest absolute Gasteiger partial charge is 0.399 e. The Labute approximate surface area is 101 Å². The Morgan fingerprint density at radius 1 is 1.35 bits per heavy atom. The fourth-order valence-electron chi connectivity index (χ4n) is 1.48. The van der Waals surface area contributed by atoms with Crippen molar-refractivity contribution in [2.75, 3.05) is 31.3 Å². The van der Waals surface area contributed by atoms with Gasteiger partial charge in [-0.3, -0.25) is 0 Å². The number of halogens is 1. The van der Waals surface area contributed by atoms with Gasteiger partial charge in [0.1, 0.15) is 15.7 Å². The lowest BCUT2D eigenvalue weighted by Crippen LogP contribution is -2.25. The maximum absolute atomic E-state index is 13.1. The Hall–Kier alpha value is -1.14. The molecular weight excluding hydrogens is 243 g/mol. The molecule has 0 atom stereocenters. The Kier molecular flexibility index (Phi) is 4.47. The first-order valence-corrected chi connectivity index (χ1v) is 7.23. The summed E-state index contributed by atoms with van der Waals surface area (Å²) in [6.45, 7) is 0.882. The Morgan fingerprint density at radius 2 is 2.00 bits per heavy atom. The van der Waals surface area contributed by atoms with Gasteiger partial charge in [-0.2, -0.15) is 0 Å². The molecule has 0 unspecified atom stereocenters. The van der Waals surface area contributed by atoms with Gasteiger partial charge >= 0.3 is 0 Å². The Bertz CT molecular complexity index is 468. The predicted molar refractivity (Wildman–Crippen MR) is 66.9 cm³/mol. The van der Waals surface area contributed by atoms with Crippen molar-refractivity contribution in [2.24, 2.45) is 0 Å². The molecule has 0 aromatic heterocycles. The van der Waals surface area contributed by atoms with Gasteiger partial charge in [-0.1, -0.05) is 0 Å². The third-order valence-corrected chi connectivity index (χ3v) is 3.20. The smallest absolute Gasteiger partial charge is 0.148 e. The average Bonchev–Trinajstić information content (AvgIpc) is 2.11. The van der Waals surface area contributed by atoms with Crippen LogP contribution in [0.15, 0.2) is 18.2 Å². The number of hydrogen-bond acceptors (Lipinski definition) is 4. The summed E-state index contributed by atoms with van der Waals surface area (Å²) >= 11 is 0. The summed E-state index contributed by atoms with van der Waals surface area (Å²) in [6, 6.07) is 4.33. The van der Waals surface area contributed by atoms with Crippen LogP contribution < -0.4 is 5.73 Å². The van der Waals surface area contributed by atoms with Gasteiger partial charge in [0.2, 0.25) is 0 Å². The van der Waals surface area contributed by atoms with Gasteiger partial charge in [0, 0.05) is 25.0 Å². The number of sulfone groups is 1. The Balaban J connectivity index is 2.59. The molecule has 4 nitrogen and oxygen atoms in total. The molecule has 0 aliphatic carbocycles. The zero-order valence-corrected chi connectivity index (χ0v) is 10.8. The van der Waals surface area contributed by atoms with E-state index in [1.54, 1.807) is 13.1 Å². The summed E-state index contributed by atoms with van der Waals surface area (Å²) in [5.41, 5.74) is 6.63. The zero-order valence-electron chi connectivity index (χ0n) is 9.98. The molecule has 1 aromatic rings. The summed E-state index contributed by atoms with van der Waals surface area (Å²) in [6.07, 6.45) is 1.20. The first-order chi connectivity index (χ1) is 7.76. The van der Waals surface area contributed by atoms with Gasteiger partial charge in [0.25, 0.3) is 0 Å². The molecule has 0 heterocycles. The van der Waals surface area contributed by atoms with E-state index in [2.05, 4.69) is 0 Å². The number of rotatable bonds is 5. The molecular formula is C11H17FN2O2S. The van der Waals surface area contributed by atoms with Crippen LogP contribution in [0.2, 0.25) is 0 Å². The standard InChI is InChI=1S/C11H17FN2O2S/c1-14(3-4-17(2,15)16)8-9-5-10(12)7-11(13)6-9/h5-7H,3-4,8,13H2,1-2H3. The quantitative estimate of drug-likeness (QED) is 0.798. The lowest BCUT2D eigenvalue weighted by molar-refractivity contribution is 0.345. The van der Waals surface area contributed by atoms with Crippen LogP contribution in [0.4, 0.5) is 10.1 Å². The van der Waals surface area contributed by atoms with Crippen LogP contribution in [0.3, 0.4) is 0 Å². The van der Waals surface area contributed by atoms with Gasteiger partial charge in [0.15, 0.2) is 0 Å². The number of benzene rings is 1. The molecule has 0 spiro atoms. The molecule has 6 heteroatoms. The van der Waals surface area contributed by atoms with Crippen molar-refractivity contribution in [3.8, 4) is 0 Å². The molecule has 0 aliphatic heterocycles. The van der Waals surface area contributed by atoms with Crippen molar-refractivity contribution in [1.29, 1.82) is 0 Å². The van der Waals surface area contributed by atoms with Crippen molar-refractivity contribution >= 4 is 15.5 Å². The highest BCUT2D eigenvalue weighted by molar-refractivity contribution is 7.90. The summed E-state index contributed by atoms with van der Waals surface area (Å²) in [5.74, 6) is -0.287. The highest BCUT2D eigenvalue weighted by atomic mass is 32.2. The molecule has 0 radical (unpaired) electrons. The molecule has 0 aliphatic rings. The average molecular weight is 260 g/mol. The van der Waals surface area contributed by atoms with Crippen LogP contribution in [0.5, 0.6) is 0 Å². The molecule has 0 saturated heterocycles. The van der Waals surface area contributed by atoms with Crippen LogP contribution in [0, 0.1) is 5.82 Å². The normalized spacial score (nSPS) is 12.0. The van der Waals surface area contributed by atoms with E-state index in [0.29, 0.717) is 18.8 Å². The molecule has 0 fully saturated rings. The highest BCUT2D eigenvalue weighted by Gasteiger charge is 2.07. The molecule has 96 valence electrons.